The second kappa shape index (κ2) is 4.22. The maximum atomic E-state index is 11.6. The number of hydrogen-bond acceptors (Lipinski definition) is 2. The van der Waals surface area contributed by atoms with E-state index in [9.17, 15) is 9.59 Å². The summed E-state index contributed by atoms with van der Waals surface area (Å²) >= 11 is 3.21. The van der Waals surface area contributed by atoms with Gasteiger partial charge in [-0.05, 0) is 33.1 Å². The van der Waals surface area contributed by atoms with Crippen LogP contribution in [-0.2, 0) is 11.2 Å². The predicted octanol–water partition coefficient (Wildman–Crippen LogP) is 1.91. The topological polar surface area (TPSA) is 46.2 Å². The molecule has 0 bridgehead atoms. The van der Waals surface area contributed by atoms with Crippen molar-refractivity contribution < 1.29 is 9.59 Å². The number of amides is 1. The van der Waals surface area contributed by atoms with E-state index in [2.05, 4.69) is 21.2 Å². The molecule has 0 atom stereocenters. The molecule has 0 radical (unpaired) electrons. The number of nitrogens with one attached hydrogen (secondary N) is 1. The summed E-state index contributed by atoms with van der Waals surface area (Å²) in [4.78, 5) is 22.8. The maximum absolute atomic E-state index is 11.6. The minimum absolute atomic E-state index is 0.00138. The monoisotopic (exact) mass is 279 g/mol. The maximum Gasteiger partial charge on any atom is 0.224 e. The van der Waals surface area contributed by atoms with E-state index in [0.717, 1.165) is 11.1 Å². The van der Waals surface area contributed by atoms with Crippen LogP contribution in [0, 0.1) is 0 Å². The first-order valence-electron chi connectivity index (χ1n) is 4.87. The lowest BCUT2D eigenvalue weighted by Crippen LogP contribution is -2.19. The van der Waals surface area contributed by atoms with E-state index in [1.807, 2.05) is 12.1 Å². The van der Waals surface area contributed by atoms with Gasteiger partial charge in [-0.25, -0.2) is 0 Å². The Hall–Kier alpha value is -1.42. The zero-order chi connectivity index (χ0) is 11.7. The lowest BCUT2D eigenvalue weighted by atomic mass is 10.0. The van der Waals surface area contributed by atoms with Crippen molar-refractivity contribution in [3.63, 3.8) is 0 Å². The van der Waals surface area contributed by atoms with Crippen LogP contribution in [0.5, 0.6) is 0 Å². The number of hydrogen-bond donors (Lipinski definition) is 1. The molecule has 1 N–H and O–H groups in total. The van der Waals surface area contributed by atoms with Crippen molar-refractivity contribution in [3.05, 3.63) is 39.4 Å². The number of ketones is 1. The highest BCUT2D eigenvalue weighted by atomic mass is 79.9. The summed E-state index contributed by atoms with van der Waals surface area (Å²) in [6, 6.07) is 5.45. The van der Waals surface area contributed by atoms with Crippen LogP contribution in [0.1, 0.15) is 21.5 Å². The van der Waals surface area contributed by atoms with Crippen LogP contribution in [0.15, 0.2) is 22.7 Å². The van der Waals surface area contributed by atoms with E-state index >= 15 is 0 Å². The molecule has 1 aliphatic rings. The van der Waals surface area contributed by atoms with Crippen LogP contribution in [-0.4, -0.2) is 18.7 Å². The number of Topliss-reactive ketones (excluding diaryl/α,β-unsaturated/α-hetero) is 1. The first-order chi connectivity index (χ1) is 7.61. The van der Waals surface area contributed by atoms with Crippen molar-refractivity contribution in [1.29, 1.82) is 0 Å². The van der Waals surface area contributed by atoms with Gasteiger partial charge >= 0.3 is 0 Å². The van der Waals surface area contributed by atoms with Gasteiger partial charge < -0.3 is 5.32 Å². The van der Waals surface area contributed by atoms with Crippen molar-refractivity contribution in [2.24, 2.45) is 0 Å². The quantitative estimate of drug-likeness (QED) is 0.899. The molecule has 2 rings (SSSR count). The number of halogens is 1. The number of carbonyl (C=O) groups is 2. The summed E-state index contributed by atoms with van der Waals surface area (Å²) in [6.07, 6.45) is 2.12. The van der Waals surface area contributed by atoms with E-state index in [-0.39, 0.29) is 11.7 Å². The van der Waals surface area contributed by atoms with Gasteiger partial charge in [0.15, 0.2) is 0 Å². The summed E-state index contributed by atoms with van der Waals surface area (Å²) in [5.74, 6) is -0.0335. The standard InChI is InChI=1S/C12H10BrNO2/c1-14-11(15)5-7-2-3-9-8(4-7)6-10(13)12(9)16/h2-4,6H,5H2,1H3,(H,14,15). The number of likely N-dealkylation sites (N-methyl/N-ethyl adjacent to an activating group) is 1. The van der Waals surface area contributed by atoms with Crippen LogP contribution >= 0.6 is 15.9 Å². The molecule has 16 heavy (non-hydrogen) atoms. The van der Waals surface area contributed by atoms with Gasteiger partial charge in [0.25, 0.3) is 0 Å². The third-order valence-corrected chi connectivity index (χ3v) is 3.09. The molecule has 0 fully saturated rings. The average molecular weight is 280 g/mol. The van der Waals surface area contributed by atoms with Gasteiger partial charge in [0.05, 0.1) is 10.9 Å². The van der Waals surface area contributed by atoms with Crippen molar-refractivity contribution in [2.75, 3.05) is 7.05 Å². The van der Waals surface area contributed by atoms with Gasteiger partial charge in [-0.15, -0.1) is 0 Å². The molecule has 1 amide bonds. The molecule has 0 spiro atoms. The van der Waals surface area contributed by atoms with Crippen molar-refractivity contribution in [2.45, 2.75) is 6.42 Å². The Bertz CT molecular complexity index is 506. The molecule has 0 saturated heterocycles. The third-order valence-electron chi connectivity index (χ3n) is 2.50. The molecule has 0 heterocycles. The van der Waals surface area contributed by atoms with Gasteiger partial charge in [0.1, 0.15) is 0 Å². The second-order valence-electron chi connectivity index (χ2n) is 3.59. The Labute approximate surface area is 102 Å². The molecule has 82 valence electrons. The molecule has 1 aromatic rings. The number of carbonyl (C=O) groups excluding carboxylic acids is 2. The number of benzene rings is 1. The molecule has 1 aromatic carbocycles. The Morgan fingerprint density at radius 1 is 1.44 bits per heavy atom. The Morgan fingerprint density at radius 3 is 2.88 bits per heavy atom. The van der Waals surface area contributed by atoms with E-state index in [1.54, 1.807) is 19.2 Å². The van der Waals surface area contributed by atoms with Crippen molar-refractivity contribution in [3.8, 4) is 0 Å². The van der Waals surface area contributed by atoms with E-state index in [0.29, 0.717) is 16.5 Å². The Kier molecular flexibility index (Phi) is 2.92. The molecular weight excluding hydrogens is 270 g/mol. The van der Waals surface area contributed by atoms with Crippen LogP contribution in [0.3, 0.4) is 0 Å². The highest BCUT2D eigenvalue weighted by Crippen LogP contribution is 2.29. The summed E-state index contributed by atoms with van der Waals surface area (Å²) in [7, 11) is 1.61. The van der Waals surface area contributed by atoms with Gasteiger partial charge in [-0.2, -0.15) is 0 Å². The van der Waals surface area contributed by atoms with E-state index in [1.165, 1.54) is 0 Å². The second-order valence-corrected chi connectivity index (χ2v) is 4.45. The number of fused-ring (bicyclic) bond motifs is 1. The predicted molar refractivity (Wildman–Crippen MR) is 65.4 cm³/mol. The third kappa shape index (κ3) is 1.93. The Balaban J connectivity index is 2.31. The van der Waals surface area contributed by atoms with Gasteiger partial charge in [-0.3, -0.25) is 9.59 Å². The lowest BCUT2D eigenvalue weighted by molar-refractivity contribution is -0.119. The van der Waals surface area contributed by atoms with Crippen molar-refractivity contribution in [1.82, 2.24) is 5.32 Å². The van der Waals surface area contributed by atoms with E-state index in [4.69, 9.17) is 0 Å². The van der Waals surface area contributed by atoms with Crippen LogP contribution in [0.25, 0.3) is 6.08 Å². The largest absolute Gasteiger partial charge is 0.359 e. The highest BCUT2D eigenvalue weighted by Gasteiger charge is 2.20. The zero-order valence-corrected chi connectivity index (χ0v) is 10.3. The fourth-order valence-corrected chi connectivity index (χ4v) is 2.11. The molecule has 0 unspecified atom stereocenters. The molecule has 0 saturated carbocycles. The fraction of sp³-hybridized carbons (Fsp3) is 0.167. The minimum Gasteiger partial charge on any atom is -0.359 e. The number of rotatable bonds is 2. The summed E-state index contributed by atoms with van der Waals surface area (Å²) in [5.41, 5.74) is 2.47. The fourth-order valence-electron chi connectivity index (χ4n) is 1.65. The van der Waals surface area contributed by atoms with Crippen LogP contribution in [0.2, 0.25) is 0 Å². The lowest BCUT2D eigenvalue weighted by Gasteiger charge is -2.03. The molecule has 1 aliphatic carbocycles. The SMILES string of the molecule is CNC(=O)Cc1ccc2c(c1)C=C(Br)C2=O. The molecular formula is C12H10BrNO2. The van der Waals surface area contributed by atoms with Crippen LogP contribution < -0.4 is 5.32 Å². The first-order valence-corrected chi connectivity index (χ1v) is 5.66. The van der Waals surface area contributed by atoms with Gasteiger partial charge in [-0.1, -0.05) is 18.2 Å². The van der Waals surface area contributed by atoms with E-state index < -0.39 is 0 Å². The summed E-state index contributed by atoms with van der Waals surface area (Å²) < 4.78 is 0.569. The van der Waals surface area contributed by atoms with Crippen LogP contribution in [0.4, 0.5) is 0 Å². The molecule has 0 aromatic heterocycles. The first kappa shape index (κ1) is 11.1. The highest BCUT2D eigenvalue weighted by molar-refractivity contribution is 9.12. The summed E-state index contributed by atoms with van der Waals surface area (Å²) in [5, 5.41) is 2.57. The Morgan fingerprint density at radius 2 is 2.19 bits per heavy atom. The zero-order valence-electron chi connectivity index (χ0n) is 8.71. The smallest absolute Gasteiger partial charge is 0.224 e. The van der Waals surface area contributed by atoms with Crippen molar-refractivity contribution >= 4 is 33.7 Å². The molecule has 4 heteroatoms. The normalized spacial score (nSPS) is 13.4. The number of allylic oxidation sites excluding steroid dienone is 1. The summed E-state index contributed by atoms with van der Waals surface area (Å²) in [6.45, 7) is 0. The minimum atomic E-state index is -0.0349. The van der Waals surface area contributed by atoms with Gasteiger partial charge in [0.2, 0.25) is 11.7 Å². The molecule has 3 nitrogen and oxygen atoms in total. The van der Waals surface area contributed by atoms with Gasteiger partial charge in [0, 0.05) is 12.6 Å². The average Bonchev–Trinajstić information content (AvgIpc) is 2.54. The molecule has 0 aliphatic heterocycles.